The van der Waals surface area contributed by atoms with E-state index in [1.54, 1.807) is 12.0 Å². The maximum absolute atomic E-state index is 14.9. The number of alkyl halides is 6. The van der Waals surface area contributed by atoms with Gasteiger partial charge in [-0.2, -0.15) is 36.5 Å². The molecule has 3 heterocycles. The molecule has 0 amide bonds. The number of H-pyrrole nitrogens is 1. The van der Waals surface area contributed by atoms with E-state index in [1.807, 2.05) is 0 Å². The molecule has 0 aliphatic heterocycles. The maximum Gasteiger partial charge on any atom is 0.433 e. The summed E-state index contributed by atoms with van der Waals surface area (Å²) in [5.41, 5.74) is -5.27. The van der Waals surface area contributed by atoms with Gasteiger partial charge in [0.25, 0.3) is 11.1 Å². The van der Waals surface area contributed by atoms with E-state index in [0.29, 0.717) is 22.9 Å². The van der Waals surface area contributed by atoms with Crippen LogP contribution in [-0.2, 0) is 25.9 Å². The van der Waals surface area contributed by atoms with Crippen molar-refractivity contribution in [3.05, 3.63) is 74.4 Å². The largest absolute Gasteiger partial charge is 0.433 e. The Kier molecular flexibility index (Phi) is 7.27. The molecule has 1 aromatic carbocycles. The van der Waals surface area contributed by atoms with E-state index in [9.17, 15) is 40.3 Å². The fourth-order valence-electron chi connectivity index (χ4n) is 4.24. The van der Waals surface area contributed by atoms with E-state index in [-0.39, 0.29) is 23.2 Å². The highest BCUT2D eigenvalue weighted by Gasteiger charge is 2.37. The molecule has 0 spiro atoms. The Morgan fingerprint density at radius 2 is 1.79 bits per heavy atom. The first-order valence-electron chi connectivity index (χ1n) is 11.5. The molecule has 4 aromatic rings. The van der Waals surface area contributed by atoms with Crippen molar-refractivity contribution in [3.63, 3.8) is 0 Å². The Morgan fingerprint density at radius 1 is 1.08 bits per heavy atom. The molecule has 0 unspecified atom stereocenters. The molecule has 208 valence electrons. The van der Waals surface area contributed by atoms with Crippen LogP contribution >= 0.6 is 0 Å². The minimum atomic E-state index is -4.89. The molecule has 8 nitrogen and oxygen atoms in total. The first-order chi connectivity index (χ1) is 18.2. The second-order valence-corrected chi connectivity index (χ2v) is 8.94. The second kappa shape index (κ2) is 10.2. The number of pyridine rings is 1. The van der Waals surface area contributed by atoms with Crippen molar-refractivity contribution in [3.8, 4) is 11.3 Å². The quantitative estimate of drug-likeness (QED) is 0.313. The summed E-state index contributed by atoms with van der Waals surface area (Å²) in [6.45, 7) is 1.75. The molecule has 1 atom stereocenters. The fraction of sp³-hybridized carbons (Fsp3) is 0.333. The standard InChI is InChI=1S/C24H21F7N6O2/c1-12(33-18-11-32-34-21(38)20(18)24(29,30)31)4-3-6-37-7-5-13-8-15(16(25)9-14(13)22(37)39)17-10-19(23(26,27)28)36(2)35-17/h5,7-12H,3-4,6H2,1-2H3,(H2,33,34,38)/t12-/m0/s1. The van der Waals surface area contributed by atoms with Crippen LogP contribution < -0.4 is 16.4 Å². The number of aromatic nitrogens is 5. The molecule has 0 bridgehead atoms. The number of nitrogens with one attached hydrogen (secondary N) is 2. The van der Waals surface area contributed by atoms with Crippen LogP contribution in [0.3, 0.4) is 0 Å². The SMILES string of the molecule is C[C@@H](CCCn1ccc2cc(-c3cc(C(F)(F)F)n(C)n3)c(F)cc2c1=O)Nc1cn[nH]c(=O)c1C(F)(F)F. The summed E-state index contributed by atoms with van der Waals surface area (Å²) in [5, 5.41) is 11.8. The summed E-state index contributed by atoms with van der Waals surface area (Å²) in [7, 11) is 1.09. The number of hydrogen-bond acceptors (Lipinski definition) is 5. The first kappa shape index (κ1) is 27.9. The van der Waals surface area contributed by atoms with Crippen molar-refractivity contribution in [2.75, 3.05) is 5.32 Å². The van der Waals surface area contributed by atoms with Crippen LogP contribution in [0.1, 0.15) is 31.0 Å². The predicted molar refractivity (Wildman–Crippen MR) is 128 cm³/mol. The third-order valence-electron chi connectivity index (χ3n) is 6.09. The number of hydrogen-bond donors (Lipinski definition) is 2. The fourth-order valence-corrected chi connectivity index (χ4v) is 4.24. The van der Waals surface area contributed by atoms with Crippen LogP contribution in [0.25, 0.3) is 22.0 Å². The summed E-state index contributed by atoms with van der Waals surface area (Å²) in [4.78, 5) is 24.5. The van der Waals surface area contributed by atoms with Crippen molar-refractivity contribution in [2.24, 2.45) is 7.05 Å². The number of fused-ring (bicyclic) bond motifs is 1. The summed E-state index contributed by atoms with van der Waals surface area (Å²) in [6.07, 6.45) is -6.61. The van der Waals surface area contributed by atoms with Gasteiger partial charge in [0.2, 0.25) is 0 Å². The van der Waals surface area contributed by atoms with Crippen molar-refractivity contribution in [2.45, 2.75) is 44.7 Å². The van der Waals surface area contributed by atoms with Crippen LogP contribution in [0.15, 0.2) is 46.2 Å². The average Bonchev–Trinajstić information content (AvgIpc) is 3.21. The van der Waals surface area contributed by atoms with Gasteiger partial charge in [-0.3, -0.25) is 14.3 Å². The summed E-state index contributed by atoms with van der Waals surface area (Å²) < 4.78 is 95.7. The molecule has 4 rings (SSSR count). The van der Waals surface area contributed by atoms with Gasteiger partial charge in [-0.1, -0.05) is 0 Å². The van der Waals surface area contributed by atoms with Gasteiger partial charge in [0, 0.05) is 31.4 Å². The Bertz CT molecular complexity index is 1640. The first-order valence-corrected chi connectivity index (χ1v) is 11.5. The molecule has 0 fully saturated rings. The van der Waals surface area contributed by atoms with Gasteiger partial charge in [0.1, 0.15) is 17.1 Å². The topological polar surface area (TPSA) is 97.6 Å². The van der Waals surface area contributed by atoms with Crippen LogP contribution in [-0.4, -0.2) is 30.6 Å². The number of aryl methyl sites for hydroxylation is 2. The third kappa shape index (κ3) is 5.81. The van der Waals surface area contributed by atoms with Crippen molar-refractivity contribution >= 4 is 16.5 Å². The van der Waals surface area contributed by atoms with Crippen molar-refractivity contribution < 1.29 is 30.7 Å². The Hall–Kier alpha value is -4.17. The zero-order chi connectivity index (χ0) is 28.7. The molecular formula is C24H21F7N6O2. The lowest BCUT2D eigenvalue weighted by atomic mass is 10.1. The van der Waals surface area contributed by atoms with Gasteiger partial charge in [0.05, 0.1) is 23.0 Å². The number of nitrogens with zero attached hydrogens (tertiary/aromatic N) is 4. The summed E-state index contributed by atoms with van der Waals surface area (Å²) in [5.74, 6) is -0.922. The van der Waals surface area contributed by atoms with Gasteiger partial charge in [0.15, 0.2) is 0 Å². The van der Waals surface area contributed by atoms with Crippen LogP contribution in [0.2, 0.25) is 0 Å². The normalized spacial score (nSPS) is 13.2. The van der Waals surface area contributed by atoms with E-state index in [1.165, 1.54) is 22.9 Å². The summed E-state index contributed by atoms with van der Waals surface area (Å²) >= 11 is 0. The molecule has 0 aliphatic carbocycles. The zero-order valence-electron chi connectivity index (χ0n) is 20.4. The number of halogens is 7. The van der Waals surface area contributed by atoms with Gasteiger partial charge < -0.3 is 9.88 Å². The van der Waals surface area contributed by atoms with Crippen LogP contribution in [0, 0.1) is 5.82 Å². The predicted octanol–water partition coefficient (Wildman–Crippen LogP) is 4.94. The maximum atomic E-state index is 14.9. The molecule has 0 radical (unpaired) electrons. The minimum absolute atomic E-state index is 0.00121. The number of anilines is 1. The van der Waals surface area contributed by atoms with E-state index in [4.69, 9.17) is 0 Å². The molecule has 39 heavy (non-hydrogen) atoms. The Morgan fingerprint density at radius 3 is 2.44 bits per heavy atom. The lowest BCUT2D eigenvalue weighted by Gasteiger charge is -2.18. The smallest absolute Gasteiger partial charge is 0.381 e. The number of rotatable bonds is 7. The van der Waals surface area contributed by atoms with Gasteiger partial charge in [-0.25, -0.2) is 9.49 Å². The highest BCUT2D eigenvalue weighted by Crippen LogP contribution is 2.34. The molecule has 15 heteroatoms. The van der Waals surface area contributed by atoms with Crippen LogP contribution in [0.5, 0.6) is 0 Å². The third-order valence-corrected chi connectivity index (χ3v) is 6.09. The zero-order valence-corrected chi connectivity index (χ0v) is 20.4. The molecule has 0 aliphatic rings. The van der Waals surface area contributed by atoms with Gasteiger partial charge >= 0.3 is 12.4 Å². The van der Waals surface area contributed by atoms with Crippen LogP contribution in [0.4, 0.5) is 36.4 Å². The number of aromatic amines is 1. The van der Waals surface area contributed by atoms with E-state index in [0.717, 1.165) is 25.4 Å². The molecule has 3 aromatic heterocycles. The Balaban J connectivity index is 1.49. The van der Waals surface area contributed by atoms with E-state index >= 15 is 0 Å². The van der Waals surface area contributed by atoms with E-state index in [2.05, 4.69) is 15.5 Å². The highest BCUT2D eigenvalue weighted by atomic mass is 19.4. The average molecular weight is 558 g/mol. The Labute approximate surface area is 215 Å². The van der Waals surface area contributed by atoms with Gasteiger partial charge in [-0.05, 0) is 49.4 Å². The van der Waals surface area contributed by atoms with Crippen molar-refractivity contribution in [1.29, 1.82) is 0 Å². The lowest BCUT2D eigenvalue weighted by molar-refractivity contribution is -0.143. The lowest BCUT2D eigenvalue weighted by Crippen LogP contribution is -2.27. The summed E-state index contributed by atoms with van der Waals surface area (Å²) in [6, 6.07) is 3.89. The minimum Gasteiger partial charge on any atom is -0.381 e. The molecule has 2 N–H and O–H groups in total. The molecule has 0 saturated carbocycles. The second-order valence-electron chi connectivity index (χ2n) is 8.94. The molecule has 0 saturated heterocycles. The monoisotopic (exact) mass is 558 g/mol. The molecular weight excluding hydrogens is 537 g/mol. The van der Waals surface area contributed by atoms with Crippen molar-refractivity contribution in [1.82, 2.24) is 24.5 Å². The van der Waals surface area contributed by atoms with E-state index < -0.39 is 52.3 Å². The van der Waals surface area contributed by atoms with Gasteiger partial charge in [-0.15, -0.1) is 0 Å². The highest BCUT2D eigenvalue weighted by molar-refractivity contribution is 5.86. The number of benzene rings is 1.